The number of amides is 2. The first kappa shape index (κ1) is 21.8. The minimum Gasteiger partial charge on any atom is -0.497 e. The van der Waals surface area contributed by atoms with Crippen LogP contribution in [-0.4, -0.2) is 47.8 Å². The lowest BCUT2D eigenvalue weighted by Crippen LogP contribution is -2.68. The molecule has 2 aromatic carbocycles. The minimum absolute atomic E-state index is 0.0773. The van der Waals surface area contributed by atoms with Crippen molar-refractivity contribution in [2.24, 2.45) is 0 Å². The van der Waals surface area contributed by atoms with Crippen LogP contribution in [0.5, 0.6) is 11.5 Å². The molecule has 0 radical (unpaired) electrons. The quantitative estimate of drug-likeness (QED) is 0.484. The summed E-state index contributed by atoms with van der Waals surface area (Å²) in [5, 5.41) is 2.32. The van der Waals surface area contributed by atoms with Gasteiger partial charge >= 0.3 is 5.97 Å². The second-order valence-corrected chi connectivity index (χ2v) is 8.52. The number of ether oxygens (including phenoxy) is 3. The molecule has 0 aromatic heterocycles. The molecule has 2 atom stereocenters. The molecule has 2 heterocycles. The van der Waals surface area contributed by atoms with Crippen LogP contribution >= 0.6 is 11.8 Å². The van der Waals surface area contributed by atoms with Gasteiger partial charge < -0.3 is 19.5 Å². The van der Waals surface area contributed by atoms with Crippen molar-refractivity contribution in [3.63, 3.8) is 0 Å². The highest BCUT2D eigenvalue weighted by Crippen LogP contribution is 2.46. The van der Waals surface area contributed by atoms with Crippen LogP contribution in [0.1, 0.15) is 12.5 Å². The molecule has 0 saturated carbocycles. The molecule has 0 bridgehead atoms. The standard InChI is InChI=1S/C23H22N2O6S/c1-14-20(23(28)31-12-15-8-10-16(29-2)11-9-15)25-21(27)19(22(25)32-14)24-18(26)13-30-17-6-4-3-5-7-17/h3-11,19,22H,12-13H2,1-2H3,(H,24,26)/t19-,22-/m1/s1. The number of hydrogen-bond donors (Lipinski definition) is 1. The Morgan fingerprint density at radius 1 is 1.06 bits per heavy atom. The van der Waals surface area contributed by atoms with Crippen LogP contribution in [0.25, 0.3) is 0 Å². The van der Waals surface area contributed by atoms with E-state index in [0.29, 0.717) is 16.4 Å². The van der Waals surface area contributed by atoms with E-state index in [1.54, 1.807) is 62.6 Å². The Hall–Kier alpha value is -3.46. The van der Waals surface area contributed by atoms with Crippen molar-refractivity contribution in [3.05, 3.63) is 70.8 Å². The number of carbonyl (C=O) groups excluding carboxylic acids is 3. The number of hydrogen-bond acceptors (Lipinski definition) is 7. The monoisotopic (exact) mass is 454 g/mol. The third kappa shape index (κ3) is 4.43. The number of rotatable bonds is 8. The van der Waals surface area contributed by atoms with Gasteiger partial charge in [0.1, 0.15) is 35.2 Å². The predicted molar refractivity (Wildman–Crippen MR) is 118 cm³/mol. The fourth-order valence-electron chi connectivity index (χ4n) is 3.42. The lowest BCUT2D eigenvalue weighted by Gasteiger charge is -2.42. The van der Waals surface area contributed by atoms with Crippen LogP contribution < -0.4 is 14.8 Å². The Balaban J connectivity index is 1.30. The zero-order valence-corrected chi connectivity index (χ0v) is 18.4. The van der Waals surface area contributed by atoms with Gasteiger partial charge in [0.2, 0.25) is 0 Å². The van der Waals surface area contributed by atoms with Crippen LogP contribution in [0, 0.1) is 0 Å². The van der Waals surface area contributed by atoms with E-state index in [2.05, 4.69) is 5.32 Å². The topological polar surface area (TPSA) is 94.2 Å². The smallest absolute Gasteiger partial charge is 0.356 e. The SMILES string of the molecule is COc1ccc(COC(=O)C2=C(C)S[C@@H]3[C@H](NC(=O)COc4ccccc4)C(=O)N23)cc1. The first-order chi connectivity index (χ1) is 15.5. The average molecular weight is 455 g/mol. The van der Waals surface area contributed by atoms with Crippen molar-refractivity contribution in [1.82, 2.24) is 10.2 Å². The minimum atomic E-state index is -0.714. The van der Waals surface area contributed by atoms with Crippen molar-refractivity contribution in [2.45, 2.75) is 24.9 Å². The Bertz CT molecular complexity index is 1050. The lowest BCUT2D eigenvalue weighted by atomic mass is 10.1. The van der Waals surface area contributed by atoms with E-state index in [4.69, 9.17) is 14.2 Å². The van der Waals surface area contributed by atoms with Gasteiger partial charge in [0.05, 0.1) is 7.11 Å². The molecule has 2 amide bonds. The molecule has 32 heavy (non-hydrogen) atoms. The maximum Gasteiger partial charge on any atom is 0.356 e. The lowest BCUT2D eigenvalue weighted by molar-refractivity contribution is -0.152. The van der Waals surface area contributed by atoms with Gasteiger partial charge in [0.15, 0.2) is 6.61 Å². The van der Waals surface area contributed by atoms with Gasteiger partial charge in [-0.1, -0.05) is 30.3 Å². The largest absolute Gasteiger partial charge is 0.497 e. The number of fused-ring (bicyclic) bond motifs is 1. The normalized spacial score (nSPS) is 19.2. The Morgan fingerprint density at radius 3 is 2.47 bits per heavy atom. The fourth-order valence-corrected chi connectivity index (χ4v) is 4.71. The molecular weight excluding hydrogens is 432 g/mol. The first-order valence-electron chi connectivity index (χ1n) is 9.96. The van der Waals surface area contributed by atoms with Crippen molar-refractivity contribution >= 4 is 29.5 Å². The van der Waals surface area contributed by atoms with Gasteiger partial charge in [0, 0.05) is 4.91 Å². The summed E-state index contributed by atoms with van der Waals surface area (Å²) >= 11 is 1.36. The molecule has 1 N–H and O–H groups in total. The molecule has 9 heteroatoms. The van der Waals surface area contributed by atoms with Crippen molar-refractivity contribution < 1.29 is 28.6 Å². The van der Waals surface area contributed by atoms with Crippen LogP contribution in [0.2, 0.25) is 0 Å². The van der Waals surface area contributed by atoms with E-state index in [1.807, 2.05) is 6.07 Å². The summed E-state index contributed by atoms with van der Waals surface area (Å²) in [6, 6.07) is 15.4. The highest BCUT2D eigenvalue weighted by Gasteiger charge is 2.56. The van der Waals surface area contributed by atoms with Crippen LogP contribution in [0.3, 0.4) is 0 Å². The van der Waals surface area contributed by atoms with Crippen molar-refractivity contribution in [2.75, 3.05) is 13.7 Å². The Kier molecular flexibility index (Phi) is 6.36. The van der Waals surface area contributed by atoms with Gasteiger partial charge in [-0.3, -0.25) is 14.5 Å². The molecule has 8 nitrogen and oxygen atoms in total. The molecule has 2 aliphatic rings. The molecule has 1 fully saturated rings. The predicted octanol–water partition coefficient (Wildman–Crippen LogP) is 2.45. The first-order valence-corrected chi connectivity index (χ1v) is 10.8. The summed E-state index contributed by atoms with van der Waals surface area (Å²) in [4.78, 5) is 39.6. The summed E-state index contributed by atoms with van der Waals surface area (Å²) in [6.45, 7) is 1.64. The third-order valence-corrected chi connectivity index (χ3v) is 6.34. The molecule has 2 aliphatic heterocycles. The summed E-state index contributed by atoms with van der Waals surface area (Å²) in [7, 11) is 1.58. The number of methoxy groups -OCH3 is 1. The molecule has 2 aromatic rings. The maximum absolute atomic E-state index is 12.7. The van der Waals surface area contributed by atoms with Crippen molar-refractivity contribution in [1.29, 1.82) is 0 Å². The third-order valence-electron chi connectivity index (χ3n) is 5.07. The van der Waals surface area contributed by atoms with Gasteiger partial charge in [-0.2, -0.15) is 0 Å². The molecule has 4 rings (SSSR count). The summed E-state index contributed by atoms with van der Waals surface area (Å²) in [5.74, 6) is -0.0377. The zero-order chi connectivity index (χ0) is 22.7. The van der Waals surface area contributed by atoms with Crippen LogP contribution in [0.15, 0.2) is 65.2 Å². The van der Waals surface area contributed by atoms with Gasteiger partial charge in [-0.05, 0) is 36.8 Å². The molecule has 0 unspecified atom stereocenters. The highest BCUT2D eigenvalue weighted by atomic mass is 32.2. The second kappa shape index (κ2) is 9.35. The highest BCUT2D eigenvalue weighted by molar-refractivity contribution is 8.04. The maximum atomic E-state index is 12.7. The number of allylic oxidation sites excluding steroid dienone is 1. The van der Waals surface area contributed by atoms with Gasteiger partial charge in [-0.15, -0.1) is 11.8 Å². The molecule has 1 saturated heterocycles. The van der Waals surface area contributed by atoms with Crippen molar-refractivity contribution in [3.8, 4) is 11.5 Å². The number of β-lactam (4-membered cyclic amide) rings is 1. The summed E-state index contributed by atoms with van der Waals surface area (Å²) in [6.07, 6.45) is 0. The van der Waals surface area contributed by atoms with E-state index in [-0.39, 0.29) is 30.2 Å². The Labute approximate surface area is 189 Å². The Morgan fingerprint density at radius 2 is 1.78 bits per heavy atom. The molecule has 0 spiro atoms. The number of nitrogens with one attached hydrogen (secondary N) is 1. The van der Waals surface area contributed by atoms with E-state index in [9.17, 15) is 14.4 Å². The van der Waals surface area contributed by atoms with Crippen LogP contribution in [0.4, 0.5) is 0 Å². The van der Waals surface area contributed by atoms with Crippen LogP contribution in [-0.2, 0) is 25.7 Å². The van der Waals surface area contributed by atoms with E-state index in [1.165, 1.54) is 16.7 Å². The van der Waals surface area contributed by atoms with E-state index >= 15 is 0 Å². The second-order valence-electron chi connectivity index (χ2n) is 7.19. The fraction of sp³-hybridized carbons (Fsp3) is 0.261. The average Bonchev–Trinajstić information content (AvgIpc) is 3.14. The molecule has 166 valence electrons. The number of para-hydroxylation sites is 1. The summed E-state index contributed by atoms with van der Waals surface area (Å²) < 4.78 is 15.9. The number of nitrogens with zero attached hydrogens (tertiary/aromatic N) is 1. The van der Waals surface area contributed by atoms with E-state index < -0.39 is 17.9 Å². The molecular formula is C23H22N2O6S. The number of thioether (sulfide) groups is 1. The molecule has 0 aliphatic carbocycles. The van der Waals surface area contributed by atoms with Gasteiger partial charge in [-0.25, -0.2) is 4.79 Å². The number of benzene rings is 2. The zero-order valence-electron chi connectivity index (χ0n) is 17.6. The number of carbonyl (C=O) groups is 3. The number of esters is 1. The van der Waals surface area contributed by atoms with E-state index in [0.717, 1.165) is 5.56 Å². The summed E-state index contributed by atoms with van der Waals surface area (Å²) in [5.41, 5.74) is 1.03. The van der Waals surface area contributed by atoms with Gasteiger partial charge in [0.25, 0.3) is 11.8 Å².